The first kappa shape index (κ1) is 14.9. The second kappa shape index (κ2) is 5.47. The van der Waals surface area contributed by atoms with Crippen molar-refractivity contribution in [2.24, 2.45) is 0 Å². The zero-order chi connectivity index (χ0) is 15.6. The lowest BCUT2D eigenvalue weighted by Crippen LogP contribution is -2.02. The van der Waals surface area contributed by atoms with Crippen LogP contribution in [0.15, 0.2) is 29.4 Å². The first-order valence-electron chi connectivity index (χ1n) is 5.33. The van der Waals surface area contributed by atoms with E-state index in [1.165, 1.54) is 12.3 Å². The summed E-state index contributed by atoms with van der Waals surface area (Å²) in [5, 5.41) is 23.1. The Bertz CT molecular complexity index is 855. The highest BCUT2D eigenvalue weighted by molar-refractivity contribution is 8.13. The van der Waals surface area contributed by atoms with Gasteiger partial charge in [0.1, 0.15) is 11.8 Å². The third-order valence-corrected chi connectivity index (χ3v) is 3.74. The molecule has 0 aromatic carbocycles. The molecule has 0 unspecified atom stereocenters. The smallest absolute Gasteiger partial charge is 0.358 e. The molecule has 0 saturated heterocycles. The molecule has 0 fully saturated rings. The number of nitro groups is 1. The van der Waals surface area contributed by atoms with E-state index in [0.717, 1.165) is 10.9 Å². The summed E-state index contributed by atoms with van der Waals surface area (Å²) in [7, 11) is 0.853. The van der Waals surface area contributed by atoms with Crippen molar-refractivity contribution < 1.29 is 13.3 Å². The number of rotatable bonds is 4. The van der Waals surface area contributed by atoms with Gasteiger partial charge in [-0.1, -0.05) is 0 Å². The molecular formula is C10H6ClN5O4S. The first-order valence-corrected chi connectivity index (χ1v) is 7.63. The van der Waals surface area contributed by atoms with Crippen molar-refractivity contribution in [1.82, 2.24) is 14.8 Å². The second-order valence-electron chi connectivity index (χ2n) is 3.87. The normalized spacial score (nSPS) is 11.0. The first-order chi connectivity index (χ1) is 9.81. The lowest BCUT2D eigenvalue weighted by atomic mass is 10.2. The molecule has 2 heterocycles. The van der Waals surface area contributed by atoms with Gasteiger partial charge in [0.15, 0.2) is 0 Å². The van der Waals surface area contributed by atoms with Gasteiger partial charge in [-0.3, -0.25) is 0 Å². The zero-order valence-electron chi connectivity index (χ0n) is 10.2. The molecule has 0 radical (unpaired) electrons. The van der Waals surface area contributed by atoms with E-state index in [1.807, 2.05) is 6.07 Å². The van der Waals surface area contributed by atoms with Gasteiger partial charge >= 0.3 is 5.82 Å². The summed E-state index contributed by atoms with van der Waals surface area (Å²) in [6, 6.07) is 4.88. The van der Waals surface area contributed by atoms with E-state index in [4.69, 9.17) is 15.9 Å². The summed E-state index contributed by atoms with van der Waals surface area (Å²) in [5.41, 5.74) is 0.747. The maximum atomic E-state index is 11.3. The number of hydrogen-bond acceptors (Lipinski definition) is 7. The molecule has 0 aliphatic carbocycles. The van der Waals surface area contributed by atoms with Crippen molar-refractivity contribution in [1.29, 1.82) is 5.26 Å². The van der Waals surface area contributed by atoms with Crippen molar-refractivity contribution in [3.8, 4) is 6.07 Å². The van der Waals surface area contributed by atoms with Gasteiger partial charge < -0.3 is 10.1 Å². The minimum Gasteiger partial charge on any atom is -0.358 e. The Balaban J connectivity index is 2.42. The molecule has 2 aromatic heterocycles. The van der Waals surface area contributed by atoms with Gasteiger partial charge in [0.2, 0.25) is 4.90 Å². The monoisotopic (exact) mass is 327 g/mol. The van der Waals surface area contributed by atoms with Crippen molar-refractivity contribution in [2.45, 2.75) is 11.4 Å². The minimum atomic E-state index is -4.28. The molecule has 2 aromatic rings. The number of pyridine rings is 1. The van der Waals surface area contributed by atoms with Crippen LogP contribution >= 0.6 is 10.7 Å². The molecule has 21 heavy (non-hydrogen) atoms. The van der Waals surface area contributed by atoms with Crippen LogP contribution in [0.25, 0.3) is 0 Å². The molecule has 0 spiro atoms. The van der Waals surface area contributed by atoms with E-state index in [0.29, 0.717) is 5.56 Å². The highest BCUT2D eigenvalue weighted by atomic mass is 35.7. The maximum absolute atomic E-state index is 11.3. The highest BCUT2D eigenvalue weighted by Gasteiger charge is 2.29. The predicted octanol–water partition coefficient (Wildman–Crippen LogP) is 1.03. The fourth-order valence-electron chi connectivity index (χ4n) is 1.59. The maximum Gasteiger partial charge on any atom is 0.410 e. The molecule has 2 rings (SSSR count). The van der Waals surface area contributed by atoms with Crippen LogP contribution in [0, 0.1) is 21.4 Å². The lowest BCUT2D eigenvalue weighted by Gasteiger charge is -1.97. The van der Waals surface area contributed by atoms with Gasteiger partial charge in [-0.15, -0.1) is 0 Å². The predicted molar refractivity (Wildman–Crippen MR) is 70.0 cm³/mol. The van der Waals surface area contributed by atoms with Gasteiger partial charge in [-0.05, 0) is 22.6 Å². The molecule has 0 saturated carbocycles. The standard InChI is InChI=1S/C10H6ClN5O4S/c11-21(19,20)9-6-15(14-10(9)16(17)18)5-7-1-2-13-8(3-7)4-12/h1-3,6H,5H2. The zero-order valence-corrected chi connectivity index (χ0v) is 11.7. The molecule has 11 heteroatoms. The summed E-state index contributed by atoms with van der Waals surface area (Å²) >= 11 is 0. The SMILES string of the molecule is N#Cc1cc(Cn2cc(S(=O)(=O)Cl)c([N+](=O)[O-])n2)ccn1. The molecular weight excluding hydrogens is 322 g/mol. The van der Waals surface area contributed by atoms with Crippen molar-refractivity contribution in [3.63, 3.8) is 0 Å². The van der Waals surface area contributed by atoms with Crippen LogP contribution in [0.4, 0.5) is 5.82 Å². The Hall–Kier alpha value is -2.51. The Kier molecular flexibility index (Phi) is 3.88. The highest BCUT2D eigenvalue weighted by Crippen LogP contribution is 2.25. The molecule has 108 valence electrons. The van der Waals surface area contributed by atoms with Crippen LogP contribution in [0.2, 0.25) is 0 Å². The van der Waals surface area contributed by atoms with E-state index in [1.54, 1.807) is 6.07 Å². The third kappa shape index (κ3) is 3.33. The van der Waals surface area contributed by atoms with Crippen molar-refractivity contribution in [3.05, 3.63) is 45.9 Å². The quantitative estimate of drug-likeness (QED) is 0.465. The lowest BCUT2D eigenvalue weighted by molar-refractivity contribution is -0.392. The summed E-state index contributed by atoms with van der Waals surface area (Å²) in [4.78, 5) is 13.0. The van der Waals surface area contributed by atoms with Crippen LogP contribution in [-0.2, 0) is 15.6 Å². The van der Waals surface area contributed by atoms with Crippen LogP contribution in [-0.4, -0.2) is 28.1 Å². The second-order valence-corrected chi connectivity index (χ2v) is 6.40. The molecule has 0 aliphatic heterocycles. The van der Waals surface area contributed by atoms with Crippen molar-refractivity contribution >= 4 is 25.6 Å². The van der Waals surface area contributed by atoms with Crippen LogP contribution in [0.5, 0.6) is 0 Å². The summed E-state index contributed by atoms with van der Waals surface area (Å²) in [6.45, 7) is 0.0322. The van der Waals surface area contributed by atoms with Gasteiger partial charge in [-0.25, -0.2) is 13.4 Å². The fourth-order valence-corrected chi connectivity index (χ4v) is 2.50. The van der Waals surface area contributed by atoms with Crippen LogP contribution in [0.3, 0.4) is 0 Å². The van der Waals surface area contributed by atoms with E-state index < -0.39 is 24.7 Å². The van der Waals surface area contributed by atoms with E-state index in [2.05, 4.69) is 10.1 Å². The molecule has 0 bridgehead atoms. The number of halogens is 1. The van der Waals surface area contributed by atoms with Crippen LogP contribution in [0.1, 0.15) is 11.3 Å². The summed E-state index contributed by atoms with van der Waals surface area (Å²) in [5.74, 6) is -0.848. The van der Waals surface area contributed by atoms with Gasteiger partial charge in [0.25, 0.3) is 9.05 Å². The number of nitriles is 1. The third-order valence-electron chi connectivity index (χ3n) is 2.43. The number of hydrogen-bond donors (Lipinski definition) is 0. The Labute approximate surface area is 123 Å². The average Bonchev–Trinajstić information content (AvgIpc) is 2.83. The van der Waals surface area contributed by atoms with E-state index in [-0.39, 0.29) is 12.2 Å². The fraction of sp³-hybridized carbons (Fsp3) is 0.100. The average molecular weight is 328 g/mol. The molecule has 0 N–H and O–H groups in total. The Morgan fingerprint density at radius 3 is 2.76 bits per heavy atom. The Morgan fingerprint density at radius 2 is 2.24 bits per heavy atom. The Morgan fingerprint density at radius 1 is 1.52 bits per heavy atom. The number of aromatic nitrogens is 3. The van der Waals surface area contributed by atoms with E-state index in [9.17, 15) is 18.5 Å². The van der Waals surface area contributed by atoms with E-state index >= 15 is 0 Å². The molecule has 9 nitrogen and oxygen atoms in total. The van der Waals surface area contributed by atoms with Gasteiger partial charge in [0.05, 0.1) is 17.8 Å². The van der Waals surface area contributed by atoms with Crippen LogP contribution < -0.4 is 0 Å². The van der Waals surface area contributed by atoms with Gasteiger partial charge in [-0.2, -0.15) is 9.94 Å². The van der Waals surface area contributed by atoms with Crippen molar-refractivity contribution in [2.75, 3.05) is 0 Å². The number of nitrogens with zero attached hydrogens (tertiary/aromatic N) is 5. The molecule has 0 amide bonds. The summed E-state index contributed by atoms with van der Waals surface area (Å²) in [6.07, 6.45) is 2.36. The molecule has 0 aliphatic rings. The minimum absolute atomic E-state index is 0.0322. The molecule has 0 atom stereocenters. The van der Waals surface area contributed by atoms with Gasteiger partial charge in [0, 0.05) is 16.9 Å². The topological polar surface area (TPSA) is 132 Å². The summed E-state index contributed by atoms with van der Waals surface area (Å²) < 4.78 is 23.6. The largest absolute Gasteiger partial charge is 0.410 e.